The molecule has 0 fully saturated rings. The third-order valence-corrected chi connectivity index (χ3v) is 4.62. The number of ether oxygens (including phenoxy) is 1. The van der Waals surface area contributed by atoms with Crippen molar-refractivity contribution in [2.45, 2.75) is 0 Å². The van der Waals surface area contributed by atoms with Gasteiger partial charge in [0, 0.05) is 47.8 Å². The van der Waals surface area contributed by atoms with Crippen molar-refractivity contribution in [1.29, 1.82) is 0 Å². The summed E-state index contributed by atoms with van der Waals surface area (Å²) in [6, 6.07) is 7.19. The fourth-order valence-electron chi connectivity index (χ4n) is 2.57. The molecule has 3 aromatic rings. The van der Waals surface area contributed by atoms with E-state index in [4.69, 9.17) is 9.15 Å². The first-order chi connectivity index (χ1) is 12.0. The number of fused-ring (bicyclic) bond motifs is 1. The van der Waals surface area contributed by atoms with Crippen molar-refractivity contribution in [3.8, 4) is 17.2 Å². The maximum atomic E-state index is 12.5. The molecule has 1 aromatic carbocycles. The van der Waals surface area contributed by atoms with Crippen LogP contribution in [0.4, 0.5) is 5.69 Å². The number of anilines is 1. The van der Waals surface area contributed by atoms with Crippen molar-refractivity contribution in [3.05, 3.63) is 40.5 Å². The first-order valence-electron chi connectivity index (χ1n) is 7.37. The van der Waals surface area contributed by atoms with Gasteiger partial charge in [0.25, 0.3) is 5.91 Å². The molecule has 0 saturated carbocycles. The first kappa shape index (κ1) is 17.6. The Balaban J connectivity index is 2.31. The van der Waals surface area contributed by atoms with Crippen LogP contribution in [0.3, 0.4) is 0 Å². The van der Waals surface area contributed by atoms with E-state index in [0.29, 0.717) is 33.7 Å². The summed E-state index contributed by atoms with van der Waals surface area (Å²) in [4.78, 5) is 16.6. The third kappa shape index (κ3) is 3.19. The van der Waals surface area contributed by atoms with Gasteiger partial charge in [-0.1, -0.05) is 12.8 Å². The first-order valence-corrected chi connectivity index (χ1v) is 8.56. The van der Waals surface area contributed by atoms with Crippen molar-refractivity contribution in [1.82, 2.24) is 10.3 Å². The fraction of sp³-hybridized carbons (Fsp3) is 0.176. The second-order valence-corrected chi connectivity index (χ2v) is 6.75. The Morgan fingerprint density at radius 1 is 1.40 bits per heavy atom. The van der Waals surface area contributed by atoms with E-state index in [-0.39, 0.29) is 5.91 Å². The van der Waals surface area contributed by atoms with Gasteiger partial charge in [-0.25, -0.2) is 4.98 Å². The normalized spacial score (nSPS) is 10.8. The van der Waals surface area contributed by atoms with Crippen molar-refractivity contribution >= 4 is 51.3 Å². The molecule has 2 heterocycles. The number of halogens is 1. The quantitative estimate of drug-likeness (QED) is 0.625. The Morgan fingerprint density at radius 3 is 2.80 bits per heavy atom. The van der Waals surface area contributed by atoms with E-state index in [0.717, 1.165) is 10.2 Å². The van der Waals surface area contributed by atoms with E-state index >= 15 is 0 Å². The highest BCUT2D eigenvalue weighted by Crippen LogP contribution is 2.39. The van der Waals surface area contributed by atoms with Crippen LogP contribution in [-0.4, -0.2) is 32.1 Å². The minimum atomic E-state index is -0.233. The van der Waals surface area contributed by atoms with Crippen LogP contribution in [0.15, 0.2) is 39.4 Å². The Morgan fingerprint density at radius 2 is 2.16 bits per heavy atom. The van der Waals surface area contributed by atoms with Gasteiger partial charge < -0.3 is 18.8 Å². The minimum absolute atomic E-state index is 0.233. The molecule has 130 valence electrons. The van der Waals surface area contributed by atoms with E-state index in [1.807, 2.05) is 19.2 Å². The molecule has 2 aromatic heterocycles. The van der Waals surface area contributed by atoms with Crippen LogP contribution in [0.25, 0.3) is 22.3 Å². The molecule has 1 N–H and O–H groups in total. The van der Waals surface area contributed by atoms with Crippen LogP contribution in [0.1, 0.15) is 10.4 Å². The van der Waals surface area contributed by atoms with Gasteiger partial charge in [-0.3, -0.25) is 4.79 Å². The van der Waals surface area contributed by atoms with Gasteiger partial charge in [0.05, 0.1) is 18.4 Å². The molecule has 25 heavy (non-hydrogen) atoms. The molecule has 0 aliphatic heterocycles. The molecule has 8 heteroatoms. The van der Waals surface area contributed by atoms with Crippen molar-refractivity contribution in [3.63, 3.8) is 0 Å². The van der Waals surface area contributed by atoms with Crippen LogP contribution >= 0.6 is 28.7 Å². The summed E-state index contributed by atoms with van der Waals surface area (Å²) in [6.07, 6.45) is 1.61. The average Bonchev–Trinajstić information content (AvgIpc) is 2.98. The summed E-state index contributed by atoms with van der Waals surface area (Å²) in [6.45, 7) is 0. The maximum absolute atomic E-state index is 12.5. The van der Waals surface area contributed by atoms with Crippen LogP contribution in [0, 0.1) is 0 Å². The number of pyridine rings is 1. The molecule has 0 atom stereocenters. The molecule has 0 spiro atoms. The number of aromatic nitrogens is 1. The van der Waals surface area contributed by atoms with Crippen molar-refractivity contribution in [2.24, 2.45) is 0 Å². The van der Waals surface area contributed by atoms with Gasteiger partial charge in [0.1, 0.15) is 11.3 Å². The Bertz CT molecular complexity index is 956. The van der Waals surface area contributed by atoms with Gasteiger partial charge in [-0.05, 0) is 28.1 Å². The standard InChI is InChI=1S/C17H16BrN3O3S/c1-19-17(22)15-10-7-11(18)12(21(2)25)8-13(10)24-16(15)9-4-5-20-14(6-9)23-3/h4-8,25H,1-3H3,(H,19,22). The molecule has 0 bridgehead atoms. The third-order valence-electron chi connectivity index (χ3n) is 3.77. The number of amides is 1. The molecular formula is C17H16BrN3O3S. The zero-order chi connectivity index (χ0) is 18.1. The number of hydrogen-bond acceptors (Lipinski definition) is 6. The van der Waals surface area contributed by atoms with Crippen LogP contribution in [0.2, 0.25) is 0 Å². The van der Waals surface area contributed by atoms with Gasteiger partial charge in [-0.2, -0.15) is 0 Å². The number of nitrogens with one attached hydrogen (secondary N) is 1. The molecule has 0 aliphatic rings. The van der Waals surface area contributed by atoms with Gasteiger partial charge >= 0.3 is 0 Å². The highest BCUT2D eigenvalue weighted by Gasteiger charge is 2.23. The highest BCUT2D eigenvalue weighted by atomic mass is 79.9. The fourth-order valence-corrected chi connectivity index (χ4v) is 3.48. The summed E-state index contributed by atoms with van der Waals surface area (Å²) in [7, 11) is 4.94. The van der Waals surface area contributed by atoms with E-state index in [1.54, 1.807) is 29.7 Å². The molecule has 0 unspecified atom stereocenters. The Kier molecular flexibility index (Phi) is 4.91. The zero-order valence-corrected chi connectivity index (χ0v) is 16.3. The largest absolute Gasteiger partial charge is 0.481 e. The number of benzene rings is 1. The second-order valence-electron chi connectivity index (χ2n) is 5.30. The lowest BCUT2D eigenvalue weighted by atomic mass is 10.1. The molecule has 0 radical (unpaired) electrons. The number of nitrogens with zero attached hydrogens (tertiary/aromatic N) is 2. The molecule has 1 amide bonds. The van der Waals surface area contributed by atoms with Gasteiger partial charge in [0.15, 0.2) is 0 Å². The van der Waals surface area contributed by atoms with E-state index in [9.17, 15) is 4.79 Å². The molecule has 3 rings (SSSR count). The smallest absolute Gasteiger partial charge is 0.255 e. The van der Waals surface area contributed by atoms with Gasteiger partial charge in [0.2, 0.25) is 5.88 Å². The predicted octanol–water partition coefficient (Wildman–Crippen LogP) is 3.91. The summed E-state index contributed by atoms with van der Waals surface area (Å²) in [5.74, 6) is 0.669. The summed E-state index contributed by atoms with van der Waals surface area (Å²) in [5.41, 5.74) is 2.58. The number of furan rings is 1. The Hall–Kier alpha value is -2.19. The average molecular weight is 422 g/mol. The van der Waals surface area contributed by atoms with Crippen molar-refractivity contribution < 1.29 is 13.9 Å². The molecule has 6 nitrogen and oxygen atoms in total. The molecular weight excluding hydrogens is 406 g/mol. The number of thiol groups is 1. The summed E-state index contributed by atoms with van der Waals surface area (Å²) in [5, 5.41) is 3.37. The minimum Gasteiger partial charge on any atom is -0.481 e. The SMILES string of the molecule is CNC(=O)c1c(-c2ccnc(OC)c2)oc2cc(N(C)S)c(Br)cc12. The molecule has 0 aliphatic carbocycles. The van der Waals surface area contributed by atoms with E-state index in [2.05, 4.69) is 39.0 Å². The van der Waals surface area contributed by atoms with Gasteiger partial charge in [-0.15, -0.1) is 0 Å². The number of hydrogen-bond donors (Lipinski definition) is 2. The number of methoxy groups -OCH3 is 1. The zero-order valence-electron chi connectivity index (χ0n) is 13.8. The second kappa shape index (κ2) is 6.97. The van der Waals surface area contributed by atoms with Crippen LogP contribution < -0.4 is 14.4 Å². The lowest BCUT2D eigenvalue weighted by molar-refractivity contribution is 0.0964. The van der Waals surface area contributed by atoms with E-state index < -0.39 is 0 Å². The topological polar surface area (TPSA) is 67.6 Å². The summed E-state index contributed by atoms with van der Waals surface area (Å²) < 4.78 is 13.7. The Labute approximate surface area is 158 Å². The summed E-state index contributed by atoms with van der Waals surface area (Å²) >= 11 is 7.85. The highest BCUT2D eigenvalue weighted by molar-refractivity contribution is 9.10. The maximum Gasteiger partial charge on any atom is 0.255 e. The molecule has 0 saturated heterocycles. The number of rotatable bonds is 4. The van der Waals surface area contributed by atoms with E-state index in [1.165, 1.54) is 7.11 Å². The number of carbonyl (C=O) groups excluding carboxylic acids is 1. The number of carbonyl (C=O) groups is 1. The van der Waals surface area contributed by atoms with Crippen molar-refractivity contribution in [2.75, 3.05) is 25.5 Å². The van der Waals surface area contributed by atoms with Crippen LogP contribution in [0.5, 0.6) is 5.88 Å². The monoisotopic (exact) mass is 421 g/mol. The lowest BCUT2D eigenvalue weighted by Crippen LogP contribution is -2.18. The predicted molar refractivity (Wildman–Crippen MR) is 104 cm³/mol. The van der Waals surface area contributed by atoms with Crippen LogP contribution in [-0.2, 0) is 0 Å². The lowest BCUT2D eigenvalue weighted by Gasteiger charge is -2.12.